The highest BCUT2D eigenvalue weighted by Gasteiger charge is 2.37. The molecule has 7 rings (SSSR count). The first-order chi connectivity index (χ1) is 19.9. The molecule has 0 saturated heterocycles. The third-order valence-electron chi connectivity index (χ3n) is 8.30. The van der Waals surface area contributed by atoms with Crippen LogP contribution in [0.5, 0.6) is 11.5 Å². The predicted octanol–water partition coefficient (Wildman–Crippen LogP) is 6.70. The van der Waals surface area contributed by atoms with Crippen LogP contribution in [-0.4, -0.2) is 51.9 Å². The summed E-state index contributed by atoms with van der Waals surface area (Å²) in [5, 5.41) is 24.6. The van der Waals surface area contributed by atoms with Crippen molar-refractivity contribution in [1.29, 1.82) is 0 Å². The van der Waals surface area contributed by atoms with Crippen LogP contribution in [0.15, 0.2) is 72.8 Å². The molecule has 1 aromatic heterocycles. The molecule has 9 heteroatoms. The molecule has 0 fully saturated rings. The topological polar surface area (TPSA) is 96.9 Å². The van der Waals surface area contributed by atoms with E-state index in [9.17, 15) is 19.8 Å². The molecule has 0 aliphatic carbocycles. The van der Waals surface area contributed by atoms with Gasteiger partial charge in [-0.05, 0) is 34.0 Å². The molecule has 0 spiro atoms. The van der Waals surface area contributed by atoms with Crippen LogP contribution in [0.2, 0.25) is 0 Å². The largest absolute Gasteiger partial charge is 0.507 e. The SMILES string of the molecule is O=C(c1ccc(C(=O)N2C[C@@H](CCl)c3c2cc(O)c2ccccc32)[nH]1)N1C[C@@H](CCl)c2c1cc(O)c1ccccc21. The number of aromatic nitrogens is 1. The fourth-order valence-electron chi connectivity index (χ4n) is 6.43. The number of phenols is 2. The lowest BCUT2D eigenvalue weighted by Gasteiger charge is -2.19. The highest BCUT2D eigenvalue weighted by Crippen LogP contribution is 2.47. The lowest BCUT2D eigenvalue weighted by atomic mass is 9.95. The van der Waals surface area contributed by atoms with Gasteiger partial charge >= 0.3 is 0 Å². The number of aromatic amines is 1. The van der Waals surface area contributed by atoms with Crippen LogP contribution in [0, 0.1) is 0 Å². The number of carbonyl (C=O) groups excluding carboxylic acids is 2. The maximum atomic E-state index is 13.8. The van der Waals surface area contributed by atoms with E-state index in [-0.39, 0.29) is 46.5 Å². The second-order valence-electron chi connectivity index (χ2n) is 10.6. The molecule has 2 atom stereocenters. The molecule has 7 nitrogen and oxygen atoms in total. The predicted molar refractivity (Wildman–Crippen MR) is 162 cm³/mol. The molecule has 2 amide bonds. The van der Waals surface area contributed by atoms with Crippen LogP contribution >= 0.6 is 23.2 Å². The number of benzene rings is 4. The summed E-state index contributed by atoms with van der Waals surface area (Å²) >= 11 is 12.7. The van der Waals surface area contributed by atoms with E-state index in [0.29, 0.717) is 47.0 Å². The molecular formula is C32H25Cl2N3O4. The normalized spacial score (nSPS) is 17.8. The molecule has 0 bridgehead atoms. The van der Waals surface area contributed by atoms with Crippen LogP contribution in [0.1, 0.15) is 43.9 Å². The summed E-state index contributed by atoms with van der Waals surface area (Å²) in [7, 11) is 0. The Morgan fingerprint density at radius 2 is 1.07 bits per heavy atom. The van der Waals surface area contributed by atoms with E-state index in [2.05, 4.69) is 4.98 Å². The Morgan fingerprint density at radius 3 is 1.46 bits per heavy atom. The van der Waals surface area contributed by atoms with Crippen LogP contribution < -0.4 is 9.80 Å². The Kier molecular flexibility index (Phi) is 6.10. The van der Waals surface area contributed by atoms with E-state index in [1.54, 1.807) is 34.1 Å². The van der Waals surface area contributed by atoms with Gasteiger partial charge in [-0.15, -0.1) is 23.2 Å². The molecule has 4 aromatic carbocycles. The molecular weight excluding hydrogens is 561 g/mol. The number of fused-ring (bicyclic) bond motifs is 6. The van der Waals surface area contributed by atoms with Crippen LogP contribution in [0.3, 0.4) is 0 Å². The smallest absolute Gasteiger partial charge is 0.274 e. The highest BCUT2D eigenvalue weighted by atomic mass is 35.5. The summed E-state index contributed by atoms with van der Waals surface area (Å²) in [6.45, 7) is 0.716. The zero-order valence-corrected chi connectivity index (χ0v) is 23.3. The number of H-pyrrole nitrogens is 1. The number of aromatic hydroxyl groups is 2. The number of rotatable bonds is 4. The average Bonchev–Trinajstić information content (AvgIpc) is 3.73. The van der Waals surface area contributed by atoms with Crippen molar-refractivity contribution in [2.24, 2.45) is 0 Å². The summed E-state index contributed by atoms with van der Waals surface area (Å²) in [6, 6.07) is 21.5. The van der Waals surface area contributed by atoms with Gasteiger partial charge in [0.25, 0.3) is 11.8 Å². The number of nitrogens with one attached hydrogen (secondary N) is 1. The minimum Gasteiger partial charge on any atom is -0.507 e. The first-order valence-electron chi connectivity index (χ1n) is 13.3. The lowest BCUT2D eigenvalue weighted by molar-refractivity contribution is 0.0982. The van der Waals surface area contributed by atoms with Crippen molar-refractivity contribution in [1.82, 2.24) is 4.98 Å². The zero-order valence-electron chi connectivity index (χ0n) is 21.8. The summed E-state index contributed by atoms with van der Waals surface area (Å²) in [4.78, 5) is 33.7. The molecule has 41 heavy (non-hydrogen) atoms. The van der Waals surface area contributed by atoms with Crippen molar-refractivity contribution in [3.63, 3.8) is 0 Å². The van der Waals surface area contributed by atoms with Gasteiger partial charge in [-0.2, -0.15) is 0 Å². The van der Waals surface area contributed by atoms with Gasteiger partial charge in [0, 0.05) is 59.6 Å². The van der Waals surface area contributed by atoms with Gasteiger partial charge in [0.05, 0.1) is 11.4 Å². The first kappa shape index (κ1) is 25.7. The highest BCUT2D eigenvalue weighted by molar-refractivity contribution is 6.20. The third kappa shape index (κ3) is 3.87. The van der Waals surface area contributed by atoms with Crippen molar-refractivity contribution in [2.75, 3.05) is 34.6 Å². The van der Waals surface area contributed by atoms with Gasteiger partial charge < -0.3 is 25.0 Å². The van der Waals surface area contributed by atoms with Gasteiger partial charge in [-0.1, -0.05) is 48.5 Å². The fourth-order valence-corrected chi connectivity index (χ4v) is 6.93. The Balaban J connectivity index is 1.23. The third-order valence-corrected chi connectivity index (χ3v) is 9.04. The number of hydrogen-bond acceptors (Lipinski definition) is 4. The van der Waals surface area contributed by atoms with Crippen molar-refractivity contribution >= 4 is 67.9 Å². The van der Waals surface area contributed by atoms with Gasteiger partial charge in [-0.3, -0.25) is 9.59 Å². The number of phenolic OH excluding ortho intramolecular Hbond substituents is 2. The second-order valence-corrected chi connectivity index (χ2v) is 11.2. The minimum atomic E-state index is -0.323. The molecule has 206 valence electrons. The van der Waals surface area contributed by atoms with Crippen molar-refractivity contribution in [3.05, 3.63) is 95.3 Å². The Bertz CT molecular complexity index is 1750. The van der Waals surface area contributed by atoms with Gasteiger partial charge in [0.1, 0.15) is 22.9 Å². The number of alkyl halides is 2. The second kappa shape index (κ2) is 9.72. The van der Waals surface area contributed by atoms with Crippen LogP contribution in [0.4, 0.5) is 11.4 Å². The number of anilines is 2. The summed E-state index contributed by atoms with van der Waals surface area (Å²) in [5.74, 6) is -0.0380. The molecule has 0 saturated carbocycles. The standard InChI is InChI=1S/C32H25Cl2N3O4/c33-13-17-15-36(25-11-27(38)19-5-1-3-7-21(19)29(17)25)31(40)23-9-10-24(35-23)32(41)37-16-18(14-34)30-22-8-4-2-6-20(22)28(39)12-26(30)37/h1-12,17-18,35,38-39H,13-16H2/t17-,18-/m1/s1. The summed E-state index contributed by atoms with van der Waals surface area (Å²) < 4.78 is 0. The van der Waals surface area contributed by atoms with E-state index in [0.717, 1.165) is 21.9 Å². The zero-order chi connectivity index (χ0) is 28.4. The minimum absolute atomic E-state index is 0.0899. The summed E-state index contributed by atoms with van der Waals surface area (Å²) in [6.07, 6.45) is 0. The van der Waals surface area contributed by atoms with Crippen molar-refractivity contribution < 1.29 is 19.8 Å². The number of nitrogens with zero attached hydrogens (tertiary/aromatic N) is 2. The Morgan fingerprint density at radius 1 is 0.683 bits per heavy atom. The fraction of sp³-hybridized carbons (Fsp3) is 0.188. The molecule has 0 radical (unpaired) electrons. The Hall–Kier alpha value is -4.20. The first-order valence-corrected chi connectivity index (χ1v) is 14.4. The number of carbonyl (C=O) groups is 2. The molecule has 3 N–H and O–H groups in total. The van der Waals surface area contributed by atoms with Crippen LogP contribution in [0.25, 0.3) is 21.5 Å². The number of amides is 2. The van der Waals surface area contributed by atoms with Crippen molar-refractivity contribution in [3.8, 4) is 11.5 Å². The molecule has 5 aromatic rings. The maximum absolute atomic E-state index is 13.8. The van der Waals surface area contributed by atoms with Crippen molar-refractivity contribution in [2.45, 2.75) is 11.8 Å². The molecule has 2 aliphatic heterocycles. The average molecular weight is 586 g/mol. The van der Waals surface area contributed by atoms with E-state index >= 15 is 0 Å². The van der Waals surface area contributed by atoms with E-state index in [4.69, 9.17) is 23.2 Å². The molecule has 2 aliphatic rings. The maximum Gasteiger partial charge on any atom is 0.274 e. The number of hydrogen-bond donors (Lipinski definition) is 3. The van der Waals surface area contributed by atoms with Gasteiger partial charge in [-0.25, -0.2) is 0 Å². The monoisotopic (exact) mass is 585 g/mol. The Labute approximate surface area is 245 Å². The lowest BCUT2D eigenvalue weighted by Crippen LogP contribution is -2.32. The molecule has 0 unspecified atom stereocenters. The quantitative estimate of drug-likeness (QED) is 0.204. The van der Waals surface area contributed by atoms with Crippen LogP contribution in [-0.2, 0) is 0 Å². The molecule has 3 heterocycles. The summed E-state index contributed by atoms with van der Waals surface area (Å²) in [5.41, 5.74) is 3.57. The van der Waals surface area contributed by atoms with Gasteiger partial charge in [0.15, 0.2) is 0 Å². The van der Waals surface area contributed by atoms with E-state index in [1.807, 2.05) is 48.5 Å². The van der Waals surface area contributed by atoms with E-state index in [1.165, 1.54) is 0 Å². The van der Waals surface area contributed by atoms with Gasteiger partial charge in [0.2, 0.25) is 0 Å². The van der Waals surface area contributed by atoms with E-state index < -0.39 is 0 Å². The number of halogens is 2.